The zero-order valence-corrected chi connectivity index (χ0v) is 17.4. The average molecular weight is 368 g/mol. The van der Waals surface area contributed by atoms with Crippen LogP contribution in [0.1, 0.15) is 69.4 Å². The first-order chi connectivity index (χ1) is 12.7. The number of aromatic nitrogens is 1. The molecule has 0 unspecified atom stereocenters. The molecule has 1 aromatic rings. The van der Waals surface area contributed by atoms with Crippen molar-refractivity contribution in [3.05, 3.63) is 46.8 Å². The normalized spacial score (nSPS) is 18.8. The molecule has 0 radical (unpaired) electrons. The molecule has 1 fully saturated rings. The Bertz CT molecular complexity index is 762. The van der Waals surface area contributed by atoms with Crippen LogP contribution in [0.4, 0.5) is 5.82 Å². The highest BCUT2D eigenvalue weighted by Crippen LogP contribution is 2.32. The highest BCUT2D eigenvalue weighted by molar-refractivity contribution is 6.00. The number of amides is 1. The maximum absolute atomic E-state index is 13.1. The molecular formula is C23H33N3O. The number of carbonyl (C=O) groups is 1. The fourth-order valence-electron chi connectivity index (χ4n) is 3.76. The number of hydrogen-bond donors (Lipinski definition) is 1. The lowest BCUT2D eigenvalue weighted by Gasteiger charge is -2.32. The van der Waals surface area contributed by atoms with Crippen molar-refractivity contribution >= 4 is 11.7 Å². The Labute approximate surface area is 163 Å². The minimum atomic E-state index is -0.0613. The van der Waals surface area contributed by atoms with Crippen molar-refractivity contribution in [1.82, 2.24) is 10.3 Å². The van der Waals surface area contributed by atoms with Gasteiger partial charge in [0.25, 0.3) is 5.91 Å². The van der Waals surface area contributed by atoms with Crippen molar-refractivity contribution in [1.29, 1.82) is 0 Å². The van der Waals surface area contributed by atoms with Crippen LogP contribution in [0.5, 0.6) is 0 Å². The van der Waals surface area contributed by atoms with Crippen molar-refractivity contribution in [2.45, 2.75) is 60.3 Å². The van der Waals surface area contributed by atoms with E-state index in [0.29, 0.717) is 5.56 Å². The molecular weight excluding hydrogens is 334 g/mol. The lowest BCUT2D eigenvalue weighted by molar-refractivity contribution is 0.0967. The summed E-state index contributed by atoms with van der Waals surface area (Å²) >= 11 is 0. The Morgan fingerprint density at radius 3 is 2.59 bits per heavy atom. The lowest BCUT2D eigenvalue weighted by Crippen LogP contribution is -2.36. The van der Waals surface area contributed by atoms with Crippen LogP contribution in [0.3, 0.4) is 0 Å². The molecule has 3 rings (SSSR count). The van der Waals surface area contributed by atoms with Gasteiger partial charge in [-0.05, 0) is 62.1 Å². The smallest absolute Gasteiger partial charge is 0.259 e. The van der Waals surface area contributed by atoms with E-state index in [-0.39, 0.29) is 11.3 Å². The van der Waals surface area contributed by atoms with Crippen LogP contribution in [0.25, 0.3) is 0 Å². The Balaban J connectivity index is 1.81. The molecule has 27 heavy (non-hydrogen) atoms. The van der Waals surface area contributed by atoms with Gasteiger partial charge >= 0.3 is 0 Å². The molecule has 2 aliphatic rings. The van der Waals surface area contributed by atoms with Gasteiger partial charge in [-0.3, -0.25) is 4.79 Å². The summed E-state index contributed by atoms with van der Waals surface area (Å²) in [4.78, 5) is 20.1. The molecule has 1 amide bonds. The zero-order chi connectivity index (χ0) is 19.6. The number of rotatable bonds is 3. The zero-order valence-electron chi connectivity index (χ0n) is 17.4. The number of pyridine rings is 1. The van der Waals surface area contributed by atoms with Gasteiger partial charge in [-0.25, -0.2) is 4.98 Å². The summed E-state index contributed by atoms with van der Waals surface area (Å²) in [7, 11) is 0. The number of hydrogen-bond acceptors (Lipinski definition) is 3. The van der Waals surface area contributed by atoms with Gasteiger partial charge in [0.2, 0.25) is 0 Å². The third kappa shape index (κ3) is 4.79. The van der Waals surface area contributed by atoms with Crippen LogP contribution in [-0.4, -0.2) is 24.0 Å². The fourth-order valence-corrected chi connectivity index (χ4v) is 3.76. The maximum Gasteiger partial charge on any atom is 0.259 e. The molecule has 1 N–H and O–H groups in total. The largest absolute Gasteiger partial charge is 0.356 e. The quantitative estimate of drug-likeness (QED) is 0.817. The van der Waals surface area contributed by atoms with Crippen molar-refractivity contribution in [3.8, 4) is 0 Å². The van der Waals surface area contributed by atoms with Crippen LogP contribution < -0.4 is 10.2 Å². The van der Waals surface area contributed by atoms with Crippen LogP contribution in [0, 0.1) is 18.3 Å². The highest BCUT2D eigenvalue weighted by atomic mass is 16.1. The number of nitrogens with one attached hydrogen (secondary N) is 1. The molecule has 0 spiro atoms. The Hall–Kier alpha value is -2.10. The molecule has 146 valence electrons. The molecule has 1 saturated heterocycles. The fraction of sp³-hybridized carbons (Fsp3) is 0.565. The monoisotopic (exact) mass is 367 g/mol. The van der Waals surface area contributed by atoms with Crippen molar-refractivity contribution in [2.75, 3.05) is 18.0 Å². The van der Waals surface area contributed by atoms with Gasteiger partial charge in [-0.15, -0.1) is 0 Å². The summed E-state index contributed by atoms with van der Waals surface area (Å²) in [5, 5.41) is 3.12. The summed E-state index contributed by atoms with van der Waals surface area (Å²) in [6.07, 6.45) is 8.61. The van der Waals surface area contributed by atoms with Crippen molar-refractivity contribution in [3.63, 3.8) is 0 Å². The van der Waals surface area contributed by atoms with Crippen LogP contribution in [0.2, 0.25) is 0 Å². The SMILES string of the molecule is Cc1ccc(C(=O)NC2=CCCC(C(C)(C)C)=C2)c(N2CCC(C)CC2)n1. The van der Waals surface area contributed by atoms with Gasteiger partial charge < -0.3 is 10.2 Å². The Morgan fingerprint density at radius 1 is 1.22 bits per heavy atom. The van der Waals surface area contributed by atoms with Crippen LogP contribution in [-0.2, 0) is 0 Å². The third-order valence-corrected chi connectivity index (χ3v) is 5.67. The summed E-state index contributed by atoms with van der Waals surface area (Å²) in [5.41, 5.74) is 4.05. The summed E-state index contributed by atoms with van der Waals surface area (Å²) in [6, 6.07) is 3.85. The first-order valence-electron chi connectivity index (χ1n) is 10.2. The number of piperidine rings is 1. The van der Waals surface area contributed by atoms with Crippen molar-refractivity contribution < 1.29 is 4.79 Å². The van der Waals surface area contributed by atoms with E-state index >= 15 is 0 Å². The molecule has 0 saturated carbocycles. The molecule has 2 heterocycles. The summed E-state index contributed by atoms with van der Waals surface area (Å²) in [6.45, 7) is 12.9. The average Bonchev–Trinajstić information content (AvgIpc) is 2.61. The molecule has 0 aromatic carbocycles. The number of anilines is 1. The minimum Gasteiger partial charge on any atom is -0.356 e. The predicted octanol–water partition coefficient (Wildman–Crippen LogP) is 5.01. The Morgan fingerprint density at radius 2 is 1.93 bits per heavy atom. The first-order valence-corrected chi connectivity index (χ1v) is 10.2. The summed E-state index contributed by atoms with van der Waals surface area (Å²) < 4.78 is 0. The lowest BCUT2D eigenvalue weighted by atomic mass is 9.81. The third-order valence-electron chi connectivity index (χ3n) is 5.67. The van der Waals surface area contributed by atoms with Gasteiger partial charge in [-0.1, -0.05) is 39.3 Å². The maximum atomic E-state index is 13.1. The van der Waals surface area contributed by atoms with Crippen molar-refractivity contribution in [2.24, 2.45) is 11.3 Å². The first kappa shape index (κ1) is 19.7. The van der Waals surface area contributed by atoms with Gasteiger partial charge in [-0.2, -0.15) is 0 Å². The van der Waals surface area contributed by atoms with Crippen LogP contribution >= 0.6 is 0 Å². The molecule has 1 aliphatic carbocycles. The minimum absolute atomic E-state index is 0.0613. The number of aryl methyl sites for hydroxylation is 1. The second-order valence-corrected chi connectivity index (χ2v) is 9.07. The van der Waals surface area contributed by atoms with E-state index in [9.17, 15) is 4.79 Å². The van der Waals surface area contributed by atoms with Gasteiger partial charge in [0.1, 0.15) is 5.82 Å². The van der Waals surface area contributed by atoms with Gasteiger partial charge in [0.15, 0.2) is 0 Å². The van der Waals surface area contributed by atoms with Gasteiger partial charge in [0.05, 0.1) is 5.56 Å². The number of nitrogens with zero attached hydrogens (tertiary/aromatic N) is 2. The molecule has 0 atom stereocenters. The van der Waals surface area contributed by atoms with E-state index in [2.05, 4.69) is 50.1 Å². The van der Waals surface area contributed by atoms with E-state index < -0.39 is 0 Å². The molecule has 4 heteroatoms. The van der Waals surface area contributed by atoms with E-state index in [1.54, 1.807) is 0 Å². The topological polar surface area (TPSA) is 45.2 Å². The molecule has 4 nitrogen and oxygen atoms in total. The second-order valence-electron chi connectivity index (χ2n) is 9.07. The standard InChI is InChI=1S/C23H33N3O/c1-16-11-13-26(14-12-16)21-20(10-9-17(2)24-21)22(27)25-19-8-6-7-18(15-19)23(3,4)5/h8-10,15-16H,6-7,11-14H2,1-5H3,(H,25,27). The van der Waals surface area contributed by atoms with E-state index in [0.717, 1.165) is 61.9 Å². The Kier molecular flexibility index (Phi) is 5.73. The second kappa shape index (κ2) is 7.87. The molecule has 1 aliphatic heterocycles. The van der Waals surface area contributed by atoms with Gasteiger partial charge in [0, 0.05) is 24.5 Å². The van der Waals surface area contributed by atoms with E-state index in [1.165, 1.54) is 5.57 Å². The highest BCUT2D eigenvalue weighted by Gasteiger charge is 2.24. The molecule has 1 aromatic heterocycles. The summed E-state index contributed by atoms with van der Waals surface area (Å²) in [5.74, 6) is 1.52. The number of carbonyl (C=O) groups excluding carboxylic acids is 1. The van der Waals surface area contributed by atoms with E-state index in [4.69, 9.17) is 4.98 Å². The number of allylic oxidation sites excluding steroid dienone is 3. The van der Waals surface area contributed by atoms with E-state index in [1.807, 2.05) is 19.1 Å². The van der Waals surface area contributed by atoms with Crippen LogP contribution in [0.15, 0.2) is 35.6 Å². The molecule has 0 bridgehead atoms. The predicted molar refractivity (Wildman–Crippen MR) is 112 cm³/mol.